The number of nitrogens with one attached hydrogen (secondary N) is 1. The molecular formula is C19H16IN3O. The lowest BCUT2D eigenvalue weighted by Crippen LogP contribution is -2.16. The molecule has 4 nitrogen and oxygen atoms in total. The van der Waals surface area contributed by atoms with E-state index in [-0.39, 0.29) is 5.91 Å². The molecule has 120 valence electrons. The number of anilines is 1. The molecule has 4 rings (SSSR count). The van der Waals surface area contributed by atoms with Crippen molar-refractivity contribution in [3.63, 3.8) is 0 Å². The van der Waals surface area contributed by atoms with Crippen molar-refractivity contribution in [2.45, 2.75) is 18.8 Å². The van der Waals surface area contributed by atoms with E-state index in [1.165, 1.54) is 0 Å². The normalized spacial score (nSPS) is 13.7. The molecule has 0 aliphatic heterocycles. The predicted molar refractivity (Wildman–Crippen MR) is 103 cm³/mol. The summed E-state index contributed by atoms with van der Waals surface area (Å²) in [6.07, 6.45) is 2.31. The third-order valence-electron chi connectivity index (χ3n) is 4.06. The van der Waals surface area contributed by atoms with Crippen LogP contribution >= 0.6 is 22.6 Å². The molecule has 0 bridgehead atoms. The number of aromatic nitrogens is 2. The molecule has 0 radical (unpaired) electrons. The fourth-order valence-electron chi connectivity index (χ4n) is 2.63. The van der Waals surface area contributed by atoms with Crippen LogP contribution in [0.25, 0.3) is 5.69 Å². The molecule has 1 N–H and O–H groups in total. The molecule has 1 fully saturated rings. The van der Waals surface area contributed by atoms with Crippen molar-refractivity contribution in [2.24, 2.45) is 0 Å². The van der Waals surface area contributed by atoms with Gasteiger partial charge in [0, 0.05) is 15.2 Å². The van der Waals surface area contributed by atoms with Crippen LogP contribution in [0.3, 0.4) is 0 Å². The van der Waals surface area contributed by atoms with Crippen LogP contribution < -0.4 is 5.32 Å². The first kappa shape index (κ1) is 15.4. The largest absolute Gasteiger partial charge is 0.321 e. The van der Waals surface area contributed by atoms with Crippen molar-refractivity contribution >= 4 is 34.2 Å². The molecule has 1 saturated carbocycles. The van der Waals surface area contributed by atoms with E-state index in [1.54, 1.807) is 4.68 Å². The number of hydrogen-bond donors (Lipinski definition) is 1. The first-order valence-electron chi connectivity index (χ1n) is 7.93. The zero-order valence-electron chi connectivity index (χ0n) is 12.9. The summed E-state index contributed by atoms with van der Waals surface area (Å²) in [5.41, 5.74) is 3.26. The number of benzene rings is 2. The number of carbonyl (C=O) groups is 1. The van der Waals surface area contributed by atoms with Crippen molar-refractivity contribution < 1.29 is 4.79 Å². The van der Waals surface area contributed by atoms with Gasteiger partial charge in [-0.25, -0.2) is 4.68 Å². The highest BCUT2D eigenvalue weighted by molar-refractivity contribution is 14.1. The smallest absolute Gasteiger partial charge is 0.274 e. The molecule has 2 aromatic carbocycles. The summed E-state index contributed by atoms with van der Waals surface area (Å²) in [7, 11) is 0. The zero-order chi connectivity index (χ0) is 16.5. The Labute approximate surface area is 154 Å². The third-order valence-corrected chi connectivity index (χ3v) is 4.78. The maximum Gasteiger partial charge on any atom is 0.274 e. The van der Waals surface area contributed by atoms with Gasteiger partial charge < -0.3 is 5.32 Å². The Morgan fingerprint density at radius 2 is 1.79 bits per heavy atom. The quantitative estimate of drug-likeness (QED) is 0.616. The SMILES string of the molecule is O=C(Nc1ccc(I)cc1)c1cc(C2CC2)nn1-c1ccccc1. The second-order valence-corrected chi connectivity index (χ2v) is 7.18. The van der Waals surface area contributed by atoms with Gasteiger partial charge in [-0.1, -0.05) is 18.2 Å². The van der Waals surface area contributed by atoms with E-state index >= 15 is 0 Å². The molecule has 1 aliphatic carbocycles. The third kappa shape index (κ3) is 3.21. The topological polar surface area (TPSA) is 46.9 Å². The van der Waals surface area contributed by atoms with Gasteiger partial charge in [0.05, 0.1) is 11.4 Å². The van der Waals surface area contributed by atoms with Gasteiger partial charge in [0.2, 0.25) is 0 Å². The summed E-state index contributed by atoms with van der Waals surface area (Å²) in [5, 5.41) is 7.64. The number of para-hydroxylation sites is 1. The lowest BCUT2D eigenvalue weighted by Gasteiger charge is -2.08. The van der Waals surface area contributed by atoms with Crippen LogP contribution in [0, 0.1) is 3.57 Å². The lowest BCUT2D eigenvalue weighted by molar-refractivity contribution is 0.101. The van der Waals surface area contributed by atoms with Crippen molar-refractivity contribution in [1.29, 1.82) is 0 Å². The predicted octanol–water partition coefficient (Wildman–Crippen LogP) is 4.61. The van der Waals surface area contributed by atoms with Gasteiger partial charge in [0.1, 0.15) is 5.69 Å². The van der Waals surface area contributed by atoms with Crippen molar-refractivity contribution in [2.75, 3.05) is 5.32 Å². The van der Waals surface area contributed by atoms with Gasteiger partial charge in [-0.05, 0) is 77.9 Å². The highest BCUT2D eigenvalue weighted by Gasteiger charge is 2.29. The van der Waals surface area contributed by atoms with Crippen LogP contribution in [0.2, 0.25) is 0 Å². The second-order valence-electron chi connectivity index (χ2n) is 5.94. The van der Waals surface area contributed by atoms with Gasteiger partial charge in [0.25, 0.3) is 5.91 Å². The Balaban J connectivity index is 1.68. The summed E-state index contributed by atoms with van der Waals surface area (Å²) in [6, 6.07) is 19.5. The number of amides is 1. The van der Waals surface area contributed by atoms with Crippen LogP contribution in [-0.2, 0) is 0 Å². The molecule has 0 saturated heterocycles. The van der Waals surface area contributed by atoms with E-state index in [2.05, 4.69) is 33.0 Å². The first-order chi connectivity index (χ1) is 11.7. The van der Waals surface area contributed by atoms with Crippen LogP contribution in [0.5, 0.6) is 0 Å². The second kappa shape index (κ2) is 6.39. The van der Waals surface area contributed by atoms with E-state index in [0.29, 0.717) is 11.6 Å². The van der Waals surface area contributed by atoms with Crippen molar-refractivity contribution in [3.05, 3.63) is 75.6 Å². The Morgan fingerprint density at radius 1 is 1.08 bits per heavy atom. The zero-order valence-corrected chi connectivity index (χ0v) is 15.1. The number of halogens is 1. The average molecular weight is 429 g/mol. The summed E-state index contributed by atoms with van der Waals surface area (Å²) in [4.78, 5) is 12.8. The molecule has 0 unspecified atom stereocenters. The Bertz CT molecular complexity index is 867. The maximum atomic E-state index is 12.8. The van der Waals surface area contributed by atoms with Crippen LogP contribution in [0.1, 0.15) is 34.9 Å². The first-order valence-corrected chi connectivity index (χ1v) is 9.01. The number of nitrogens with zero attached hydrogens (tertiary/aromatic N) is 2. The highest BCUT2D eigenvalue weighted by Crippen LogP contribution is 2.39. The van der Waals surface area contributed by atoms with Crippen LogP contribution in [-0.4, -0.2) is 15.7 Å². The molecule has 24 heavy (non-hydrogen) atoms. The molecule has 1 heterocycles. The summed E-state index contributed by atoms with van der Waals surface area (Å²) >= 11 is 2.25. The summed E-state index contributed by atoms with van der Waals surface area (Å²) in [5.74, 6) is 0.360. The monoisotopic (exact) mass is 429 g/mol. The van der Waals surface area contributed by atoms with Gasteiger partial charge in [-0.2, -0.15) is 5.10 Å². The maximum absolute atomic E-state index is 12.8. The van der Waals surface area contributed by atoms with Crippen LogP contribution in [0.4, 0.5) is 5.69 Å². The van der Waals surface area contributed by atoms with E-state index < -0.39 is 0 Å². The molecule has 1 aliphatic rings. The van der Waals surface area contributed by atoms with E-state index in [1.807, 2.05) is 60.7 Å². The minimum atomic E-state index is -0.139. The standard InChI is InChI=1S/C19H16IN3O/c20-14-8-10-15(11-9-14)21-19(24)18-12-17(13-6-7-13)22-23(18)16-4-2-1-3-5-16/h1-5,8-13H,6-7H2,(H,21,24). The minimum absolute atomic E-state index is 0.139. The molecular weight excluding hydrogens is 413 g/mol. The van der Waals surface area contributed by atoms with E-state index in [4.69, 9.17) is 0 Å². The summed E-state index contributed by atoms with van der Waals surface area (Å²) < 4.78 is 2.88. The fraction of sp³-hybridized carbons (Fsp3) is 0.158. The number of rotatable bonds is 4. The van der Waals surface area contributed by atoms with Gasteiger partial charge >= 0.3 is 0 Å². The lowest BCUT2D eigenvalue weighted by atomic mass is 10.2. The Hall–Kier alpha value is -2.15. The number of carbonyl (C=O) groups excluding carboxylic acids is 1. The Kier molecular flexibility index (Phi) is 4.10. The van der Waals surface area contributed by atoms with E-state index in [9.17, 15) is 4.79 Å². The summed E-state index contributed by atoms with van der Waals surface area (Å²) in [6.45, 7) is 0. The average Bonchev–Trinajstić information content (AvgIpc) is 3.36. The molecule has 0 atom stereocenters. The van der Waals surface area contributed by atoms with Gasteiger partial charge in [0.15, 0.2) is 0 Å². The van der Waals surface area contributed by atoms with E-state index in [0.717, 1.165) is 33.5 Å². The molecule has 1 amide bonds. The molecule has 0 spiro atoms. The van der Waals surface area contributed by atoms with Crippen LogP contribution in [0.15, 0.2) is 60.7 Å². The minimum Gasteiger partial charge on any atom is -0.321 e. The fourth-order valence-corrected chi connectivity index (χ4v) is 2.99. The van der Waals surface area contributed by atoms with Crippen molar-refractivity contribution in [3.8, 4) is 5.69 Å². The van der Waals surface area contributed by atoms with Crippen molar-refractivity contribution in [1.82, 2.24) is 9.78 Å². The number of hydrogen-bond acceptors (Lipinski definition) is 2. The highest BCUT2D eigenvalue weighted by atomic mass is 127. The van der Waals surface area contributed by atoms with Gasteiger partial charge in [-0.3, -0.25) is 4.79 Å². The Morgan fingerprint density at radius 3 is 2.46 bits per heavy atom. The molecule has 3 aromatic rings. The molecule has 1 aromatic heterocycles. The molecule has 5 heteroatoms. The van der Waals surface area contributed by atoms with Gasteiger partial charge in [-0.15, -0.1) is 0 Å².